The zero-order valence-electron chi connectivity index (χ0n) is 16.1. The number of aromatic nitrogens is 2. The number of hydrogen-bond acceptors (Lipinski definition) is 7. The lowest BCUT2D eigenvalue weighted by atomic mass is 10.2. The van der Waals surface area contributed by atoms with Crippen LogP contribution in [0.25, 0.3) is 0 Å². The maximum atomic E-state index is 11.7. The summed E-state index contributed by atoms with van der Waals surface area (Å²) >= 11 is 0. The molecule has 0 fully saturated rings. The highest BCUT2D eigenvalue weighted by Crippen LogP contribution is 2.19. The van der Waals surface area contributed by atoms with Crippen LogP contribution in [0.3, 0.4) is 0 Å². The van der Waals surface area contributed by atoms with E-state index in [4.69, 9.17) is 4.74 Å². The lowest BCUT2D eigenvalue weighted by molar-refractivity contribution is -0.114. The zero-order valence-corrected chi connectivity index (χ0v) is 16.1. The fourth-order valence-electron chi connectivity index (χ4n) is 2.51. The molecular weight excluding hydrogens is 370 g/mol. The van der Waals surface area contributed by atoms with Crippen molar-refractivity contribution in [3.8, 4) is 0 Å². The van der Waals surface area contributed by atoms with Crippen molar-refractivity contribution in [1.29, 1.82) is 0 Å². The van der Waals surface area contributed by atoms with Gasteiger partial charge in [0.05, 0.1) is 12.2 Å². The summed E-state index contributed by atoms with van der Waals surface area (Å²) in [5.74, 6) is 0.548. The smallest absolute Gasteiger partial charge is 0.338 e. The first-order valence-corrected chi connectivity index (χ1v) is 9.05. The largest absolute Gasteiger partial charge is 0.462 e. The third-order valence-electron chi connectivity index (χ3n) is 3.79. The number of ether oxygens (including phenoxy) is 1. The maximum Gasteiger partial charge on any atom is 0.338 e. The van der Waals surface area contributed by atoms with E-state index in [1.807, 2.05) is 12.1 Å². The van der Waals surface area contributed by atoms with Crippen LogP contribution in [0.5, 0.6) is 0 Å². The average molecular weight is 391 g/mol. The molecule has 0 saturated heterocycles. The van der Waals surface area contributed by atoms with Gasteiger partial charge in [-0.1, -0.05) is 0 Å². The van der Waals surface area contributed by atoms with E-state index >= 15 is 0 Å². The van der Waals surface area contributed by atoms with E-state index in [2.05, 4.69) is 25.9 Å². The summed E-state index contributed by atoms with van der Waals surface area (Å²) in [6, 6.07) is 15.9. The van der Waals surface area contributed by atoms with Crippen molar-refractivity contribution in [2.24, 2.45) is 0 Å². The number of nitrogens with zero attached hydrogens (tertiary/aromatic N) is 2. The molecule has 0 saturated carbocycles. The van der Waals surface area contributed by atoms with Gasteiger partial charge in [0.15, 0.2) is 0 Å². The molecule has 0 aliphatic carbocycles. The molecule has 8 nitrogen and oxygen atoms in total. The third kappa shape index (κ3) is 5.77. The first-order chi connectivity index (χ1) is 14.0. The molecule has 0 aliphatic heterocycles. The fraction of sp³-hybridized carbons (Fsp3) is 0.143. The van der Waals surface area contributed by atoms with E-state index in [9.17, 15) is 9.59 Å². The van der Waals surface area contributed by atoms with Gasteiger partial charge in [-0.2, -0.15) is 4.98 Å². The Balaban J connectivity index is 1.65. The zero-order chi connectivity index (χ0) is 20.6. The number of anilines is 5. The van der Waals surface area contributed by atoms with Gasteiger partial charge in [0, 0.05) is 30.2 Å². The Labute approximate surface area is 168 Å². The summed E-state index contributed by atoms with van der Waals surface area (Å²) in [4.78, 5) is 31.4. The molecule has 1 aromatic heterocycles. The number of esters is 1. The Kier molecular flexibility index (Phi) is 6.36. The summed E-state index contributed by atoms with van der Waals surface area (Å²) in [5.41, 5.74) is 2.77. The van der Waals surface area contributed by atoms with E-state index in [1.165, 1.54) is 6.92 Å². The van der Waals surface area contributed by atoms with Crippen molar-refractivity contribution in [2.75, 3.05) is 22.6 Å². The minimum Gasteiger partial charge on any atom is -0.462 e. The van der Waals surface area contributed by atoms with Crippen LogP contribution < -0.4 is 16.0 Å². The van der Waals surface area contributed by atoms with Gasteiger partial charge in [-0.15, -0.1) is 0 Å². The standard InChI is InChI=1S/C21H21N5O3/c1-3-29-20(28)15-4-6-17(7-5-15)24-19-12-13-22-21(26-19)25-18-10-8-16(9-11-18)23-14(2)27/h4-13H,3H2,1-2H3,(H,23,27)(H2,22,24,25,26). The molecule has 8 heteroatoms. The van der Waals surface area contributed by atoms with Gasteiger partial charge in [0.1, 0.15) is 5.82 Å². The summed E-state index contributed by atoms with van der Waals surface area (Å²) in [7, 11) is 0. The van der Waals surface area contributed by atoms with Crippen LogP contribution in [0, 0.1) is 0 Å². The molecule has 0 bridgehead atoms. The van der Waals surface area contributed by atoms with E-state index in [1.54, 1.807) is 55.6 Å². The molecule has 148 valence electrons. The van der Waals surface area contributed by atoms with Crippen molar-refractivity contribution in [3.63, 3.8) is 0 Å². The quantitative estimate of drug-likeness (QED) is 0.521. The van der Waals surface area contributed by atoms with Crippen molar-refractivity contribution in [1.82, 2.24) is 9.97 Å². The Bertz CT molecular complexity index is 988. The molecule has 3 N–H and O–H groups in total. The van der Waals surface area contributed by atoms with Crippen LogP contribution in [0.2, 0.25) is 0 Å². The first kappa shape index (κ1) is 19.8. The minimum absolute atomic E-state index is 0.122. The first-order valence-electron chi connectivity index (χ1n) is 9.05. The second-order valence-electron chi connectivity index (χ2n) is 6.07. The van der Waals surface area contributed by atoms with Gasteiger partial charge >= 0.3 is 5.97 Å². The Morgan fingerprint density at radius 1 is 0.897 bits per heavy atom. The predicted molar refractivity (Wildman–Crippen MR) is 112 cm³/mol. The van der Waals surface area contributed by atoms with Crippen molar-refractivity contribution in [2.45, 2.75) is 13.8 Å². The molecule has 3 aromatic rings. The Morgan fingerprint density at radius 2 is 1.52 bits per heavy atom. The SMILES string of the molecule is CCOC(=O)c1ccc(Nc2ccnc(Nc3ccc(NC(C)=O)cc3)n2)cc1. The Morgan fingerprint density at radius 3 is 2.17 bits per heavy atom. The Hall–Kier alpha value is -3.94. The predicted octanol–water partition coefficient (Wildman–Crippen LogP) is 4.10. The number of rotatable bonds is 7. The van der Waals surface area contributed by atoms with E-state index < -0.39 is 0 Å². The number of nitrogens with one attached hydrogen (secondary N) is 3. The minimum atomic E-state index is -0.350. The lowest BCUT2D eigenvalue weighted by Gasteiger charge is -2.09. The van der Waals surface area contributed by atoms with E-state index in [-0.39, 0.29) is 11.9 Å². The number of carbonyl (C=O) groups is 2. The topological polar surface area (TPSA) is 105 Å². The van der Waals surface area contributed by atoms with Gasteiger partial charge in [-0.25, -0.2) is 9.78 Å². The summed E-state index contributed by atoms with van der Waals surface area (Å²) < 4.78 is 4.98. The number of amides is 1. The van der Waals surface area contributed by atoms with E-state index in [0.29, 0.717) is 29.6 Å². The summed E-state index contributed by atoms with van der Waals surface area (Å²) in [5, 5.41) is 8.99. The fourth-order valence-corrected chi connectivity index (χ4v) is 2.51. The van der Waals surface area contributed by atoms with Crippen molar-refractivity contribution >= 4 is 40.7 Å². The highest BCUT2D eigenvalue weighted by molar-refractivity contribution is 5.90. The van der Waals surface area contributed by atoms with E-state index in [0.717, 1.165) is 11.4 Å². The summed E-state index contributed by atoms with van der Waals surface area (Å²) in [6.07, 6.45) is 1.64. The van der Waals surface area contributed by atoms with Gasteiger partial charge in [0.2, 0.25) is 11.9 Å². The van der Waals surface area contributed by atoms with Crippen LogP contribution in [0.1, 0.15) is 24.2 Å². The number of benzene rings is 2. The molecule has 2 aromatic carbocycles. The molecule has 0 unspecified atom stereocenters. The van der Waals surface area contributed by atoms with Crippen LogP contribution in [0.15, 0.2) is 60.8 Å². The van der Waals surface area contributed by atoms with Crippen LogP contribution in [0.4, 0.5) is 28.8 Å². The highest BCUT2D eigenvalue weighted by atomic mass is 16.5. The maximum absolute atomic E-state index is 11.7. The second kappa shape index (κ2) is 9.32. The average Bonchev–Trinajstić information content (AvgIpc) is 2.70. The molecular formula is C21H21N5O3. The van der Waals surface area contributed by atoms with Crippen LogP contribution in [-0.2, 0) is 9.53 Å². The van der Waals surface area contributed by atoms with Gasteiger partial charge < -0.3 is 20.7 Å². The lowest BCUT2D eigenvalue weighted by Crippen LogP contribution is -2.05. The molecule has 0 spiro atoms. The van der Waals surface area contributed by atoms with Crippen LogP contribution >= 0.6 is 0 Å². The van der Waals surface area contributed by atoms with Crippen LogP contribution in [-0.4, -0.2) is 28.5 Å². The normalized spacial score (nSPS) is 10.1. The van der Waals surface area contributed by atoms with Gasteiger partial charge in [-0.05, 0) is 61.5 Å². The number of hydrogen-bond donors (Lipinski definition) is 3. The highest BCUT2D eigenvalue weighted by Gasteiger charge is 2.06. The van der Waals surface area contributed by atoms with Gasteiger partial charge in [0.25, 0.3) is 0 Å². The van der Waals surface area contributed by atoms with Crippen molar-refractivity contribution in [3.05, 3.63) is 66.4 Å². The molecule has 0 aliphatic rings. The molecule has 1 heterocycles. The molecule has 1 amide bonds. The third-order valence-corrected chi connectivity index (χ3v) is 3.79. The summed E-state index contributed by atoms with van der Waals surface area (Å²) in [6.45, 7) is 3.57. The molecule has 0 atom stereocenters. The molecule has 0 radical (unpaired) electrons. The second-order valence-corrected chi connectivity index (χ2v) is 6.07. The number of carbonyl (C=O) groups excluding carboxylic acids is 2. The molecule has 29 heavy (non-hydrogen) atoms. The monoisotopic (exact) mass is 391 g/mol. The van der Waals surface area contributed by atoms with Crippen molar-refractivity contribution < 1.29 is 14.3 Å². The van der Waals surface area contributed by atoms with Gasteiger partial charge in [-0.3, -0.25) is 4.79 Å². The molecule has 3 rings (SSSR count).